The third-order valence-electron chi connectivity index (χ3n) is 7.18. The molecule has 310 valence electrons. The second-order valence-electron chi connectivity index (χ2n) is 14.7. The average Bonchev–Trinajstić information content (AvgIpc) is 3.54. The topological polar surface area (TPSA) is 225 Å². The van der Waals surface area contributed by atoms with E-state index in [-0.39, 0.29) is 75.7 Å². The largest absolute Gasteiger partial charge is 0.355 e. The zero-order valence-corrected chi connectivity index (χ0v) is 35.7. The van der Waals surface area contributed by atoms with Crippen molar-refractivity contribution in [3.8, 4) is 0 Å². The molecule has 2 saturated heterocycles. The molecular formula is C36H55N3O13S3. The number of ketones is 2. The lowest BCUT2D eigenvalue weighted by atomic mass is 10.1. The predicted molar refractivity (Wildman–Crippen MR) is 208 cm³/mol. The zero-order chi connectivity index (χ0) is 42.7. The van der Waals surface area contributed by atoms with Crippen LogP contribution >= 0.6 is 36.2 Å². The van der Waals surface area contributed by atoms with Crippen molar-refractivity contribution in [3.05, 3.63) is 0 Å². The van der Waals surface area contributed by atoms with Gasteiger partial charge in [-0.15, -0.1) is 10.1 Å². The van der Waals surface area contributed by atoms with Crippen LogP contribution in [0.15, 0.2) is 0 Å². The second-order valence-corrected chi connectivity index (χ2v) is 19.4. The molecule has 0 aromatic rings. The fourth-order valence-corrected chi connectivity index (χ4v) is 6.22. The van der Waals surface area contributed by atoms with Crippen LogP contribution in [0.3, 0.4) is 0 Å². The highest BCUT2D eigenvalue weighted by Gasteiger charge is 2.35. The van der Waals surface area contributed by atoms with Gasteiger partial charge in [-0.25, -0.2) is 9.59 Å². The van der Waals surface area contributed by atoms with Crippen molar-refractivity contribution in [2.24, 2.45) is 0 Å². The number of carbonyl (C=O) groups excluding carboxylic acids is 11. The molecule has 2 fully saturated rings. The molecule has 1 N–H and O–H groups in total. The first kappa shape index (κ1) is 51.4. The number of amides is 5. The van der Waals surface area contributed by atoms with Crippen molar-refractivity contribution in [3.63, 3.8) is 0 Å². The van der Waals surface area contributed by atoms with Gasteiger partial charge in [0.05, 0.1) is 12.8 Å². The molecule has 0 radical (unpaired) electrons. The van der Waals surface area contributed by atoms with Crippen LogP contribution in [-0.2, 0) is 62.4 Å². The van der Waals surface area contributed by atoms with Crippen LogP contribution in [-0.4, -0.2) is 94.2 Å². The van der Waals surface area contributed by atoms with Gasteiger partial charge in [0.1, 0.15) is 11.6 Å². The van der Waals surface area contributed by atoms with E-state index in [9.17, 15) is 52.7 Å². The number of thioether (sulfide) groups is 2. The average molecular weight is 834 g/mol. The molecule has 2 rings (SSSR count). The predicted octanol–water partition coefficient (Wildman–Crippen LogP) is 4.39. The summed E-state index contributed by atoms with van der Waals surface area (Å²) in [5.74, 6) is -4.23. The number of carbonyl (C=O) groups is 11. The van der Waals surface area contributed by atoms with Gasteiger partial charge in [0.2, 0.25) is 5.91 Å². The molecule has 2 aliphatic heterocycles. The van der Waals surface area contributed by atoms with E-state index < -0.39 is 53.2 Å². The molecule has 16 nitrogen and oxygen atoms in total. The van der Waals surface area contributed by atoms with Crippen molar-refractivity contribution in [1.29, 1.82) is 0 Å². The van der Waals surface area contributed by atoms with Gasteiger partial charge in [0, 0.05) is 79.1 Å². The number of hydroxylamine groups is 4. The molecule has 0 saturated carbocycles. The third-order valence-corrected chi connectivity index (χ3v) is 9.72. The minimum atomic E-state index is -0.973. The van der Waals surface area contributed by atoms with Crippen molar-refractivity contribution < 1.29 is 62.4 Å². The van der Waals surface area contributed by atoms with Gasteiger partial charge in [-0.2, -0.15) is 12.6 Å². The first-order valence-corrected chi connectivity index (χ1v) is 19.7. The van der Waals surface area contributed by atoms with Crippen molar-refractivity contribution in [2.45, 2.75) is 154 Å². The summed E-state index contributed by atoms with van der Waals surface area (Å²) in [6.07, 6.45) is 1.92. The van der Waals surface area contributed by atoms with E-state index in [2.05, 4.69) is 27.6 Å². The van der Waals surface area contributed by atoms with Gasteiger partial charge in [0.25, 0.3) is 23.6 Å². The molecule has 0 aromatic carbocycles. The first-order valence-electron chi connectivity index (χ1n) is 17.7. The van der Waals surface area contributed by atoms with E-state index in [0.717, 1.165) is 18.2 Å². The van der Waals surface area contributed by atoms with Crippen LogP contribution in [0.25, 0.3) is 0 Å². The summed E-state index contributed by atoms with van der Waals surface area (Å²) in [6.45, 7) is 16.7. The Morgan fingerprint density at radius 1 is 0.582 bits per heavy atom. The zero-order valence-electron chi connectivity index (χ0n) is 33.2. The lowest BCUT2D eigenvalue weighted by molar-refractivity contribution is -0.201. The highest BCUT2D eigenvalue weighted by molar-refractivity contribution is 8.15. The Balaban J connectivity index is 0.000000871. The Morgan fingerprint density at radius 3 is 1.24 bits per heavy atom. The molecule has 0 atom stereocenters. The SMILES string of the molecule is CC(=O)CCC(C)(C)S.CC(=O)CCC(C)(C)SC(=O)CCC(=O)SC(C)(C)CNC(C)=O.O=C(CCC(=O)ON1C(=O)CCC1=O)ON1C(=O)CCC1=O. The molecule has 0 spiro atoms. The van der Waals surface area contributed by atoms with Crippen LogP contribution in [0.4, 0.5) is 0 Å². The highest BCUT2D eigenvalue weighted by atomic mass is 32.2. The van der Waals surface area contributed by atoms with Crippen molar-refractivity contribution >= 4 is 99.4 Å². The van der Waals surface area contributed by atoms with Crippen LogP contribution < -0.4 is 5.32 Å². The monoisotopic (exact) mass is 833 g/mol. The Kier molecular flexibility index (Phi) is 22.6. The van der Waals surface area contributed by atoms with Crippen molar-refractivity contribution in [1.82, 2.24) is 15.4 Å². The Hall–Kier alpha value is -3.58. The maximum absolute atomic E-state index is 12.0. The Morgan fingerprint density at radius 2 is 0.927 bits per heavy atom. The number of Topliss-reactive ketones (excluding diaryl/α,β-unsaturated/α-hetero) is 2. The maximum Gasteiger partial charge on any atom is 0.333 e. The lowest BCUT2D eigenvalue weighted by Crippen LogP contribution is -2.35. The van der Waals surface area contributed by atoms with Crippen LogP contribution in [0.2, 0.25) is 0 Å². The van der Waals surface area contributed by atoms with Gasteiger partial charge < -0.3 is 24.6 Å². The van der Waals surface area contributed by atoms with Gasteiger partial charge in [-0.05, 0) is 40.5 Å². The smallest absolute Gasteiger partial charge is 0.333 e. The standard InChI is InChI=1S/C17H29NO4S2.C12H12N2O8.C7H14OS/c1-12(19)9-10-16(3,4)23-14(21)7-8-15(22)24-17(5,6)11-18-13(2)20;15-7-1-2-8(16)13(7)21-11(19)5-6-12(20)22-14-9(17)3-4-10(14)18;1-6(8)4-5-7(2,3)9/h7-11H2,1-6H3,(H,18,20);1-6H2;9H,4-5H2,1-3H3. The van der Waals surface area contributed by atoms with Crippen LogP contribution in [0, 0.1) is 0 Å². The maximum atomic E-state index is 12.0. The van der Waals surface area contributed by atoms with E-state index in [4.69, 9.17) is 0 Å². The van der Waals surface area contributed by atoms with Gasteiger partial charge in [-0.3, -0.25) is 33.6 Å². The number of thiol groups is 1. The first-order chi connectivity index (χ1) is 25.1. The molecule has 19 heteroatoms. The van der Waals surface area contributed by atoms with E-state index in [0.29, 0.717) is 35.9 Å². The molecule has 55 heavy (non-hydrogen) atoms. The molecular weight excluding hydrogens is 779 g/mol. The summed E-state index contributed by atoms with van der Waals surface area (Å²) in [6, 6.07) is 0. The normalized spacial score (nSPS) is 14.4. The van der Waals surface area contributed by atoms with E-state index in [1.54, 1.807) is 13.8 Å². The number of imide groups is 2. The fraction of sp³-hybridized carbons (Fsp3) is 0.694. The van der Waals surface area contributed by atoms with Gasteiger partial charge >= 0.3 is 11.9 Å². The van der Waals surface area contributed by atoms with E-state index in [1.807, 2.05) is 41.5 Å². The Labute approximate surface area is 336 Å². The second kappa shape index (κ2) is 24.1. The minimum absolute atomic E-state index is 0.00562. The number of nitrogens with one attached hydrogen (secondary N) is 1. The molecule has 0 bridgehead atoms. The van der Waals surface area contributed by atoms with Crippen LogP contribution in [0.5, 0.6) is 0 Å². The highest BCUT2D eigenvalue weighted by Crippen LogP contribution is 2.32. The summed E-state index contributed by atoms with van der Waals surface area (Å²) < 4.78 is -0.699. The molecule has 5 amide bonds. The number of nitrogens with zero attached hydrogens (tertiary/aromatic N) is 2. The number of hydrogen-bond acceptors (Lipinski definition) is 16. The molecule has 2 heterocycles. The minimum Gasteiger partial charge on any atom is -0.355 e. The fourth-order valence-electron chi connectivity index (χ4n) is 4.12. The quantitative estimate of drug-likeness (QED) is 0.144. The van der Waals surface area contributed by atoms with Crippen molar-refractivity contribution in [2.75, 3.05) is 6.54 Å². The van der Waals surface area contributed by atoms with Gasteiger partial charge in [0.15, 0.2) is 10.2 Å². The molecule has 0 aromatic heterocycles. The summed E-state index contributed by atoms with van der Waals surface area (Å²) >= 11 is 6.64. The van der Waals surface area contributed by atoms with E-state index in [1.165, 1.54) is 18.7 Å². The molecule has 0 aliphatic carbocycles. The van der Waals surface area contributed by atoms with Gasteiger partial charge in [-0.1, -0.05) is 51.2 Å². The van der Waals surface area contributed by atoms with E-state index >= 15 is 0 Å². The van der Waals surface area contributed by atoms with Crippen LogP contribution in [0.1, 0.15) is 139 Å². The summed E-state index contributed by atoms with van der Waals surface area (Å²) in [5, 5.41) is 3.34. The number of rotatable bonds is 18. The molecule has 2 aliphatic rings. The lowest BCUT2D eigenvalue weighted by Gasteiger charge is -2.23. The summed E-state index contributed by atoms with van der Waals surface area (Å²) in [4.78, 5) is 133. The third kappa shape index (κ3) is 25.3. The summed E-state index contributed by atoms with van der Waals surface area (Å²) in [5.41, 5.74) is 0. The molecule has 0 unspecified atom stereocenters. The summed E-state index contributed by atoms with van der Waals surface area (Å²) in [7, 11) is 0. The Bertz CT molecular complexity index is 1350. The number of hydrogen-bond donors (Lipinski definition) is 2.